The molecule has 0 saturated heterocycles. The van der Waals surface area contributed by atoms with E-state index in [0.717, 1.165) is 6.07 Å². The molecule has 1 aromatic heterocycles. The van der Waals surface area contributed by atoms with Crippen LogP contribution in [0.3, 0.4) is 0 Å². The van der Waals surface area contributed by atoms with E-state index in [1.54, 1.807) is 0 Å². The SMILES string of the molecule is O=C(O)c1cc(O)c(O)c2oc(=O)c3cc(O)c(O)c(O)c3c12. The summed E-state index contributed by atoms with van der Waals surface area (Å²) < 4.78 is 4.79. The summed E-state index contributed by atoms with van der Waals surface area (Å²) in [7, 11) is 0. The van der Waals surface area contributed by atoms with Crippen molar-refractivity contribution >= 4 is 27.7 Å². The summed E-state index contributed by atoms with van der Waals surface area (Å²) in [5.74, 6) is -6.07. The molecule has 0 aliphatic heterocycles. The number of phenolic OH excluding ortho intramolecular Hbond substituents is 5. The van der Waals surface area contributed by atoms with Crippen LogP contribution in [-0.4, -0.2) is 36.6 Å². The second kappa shape index (κ2) is 4.44. The van der Waals surface area contributed by atoms with Crippen molar-refractivity contribution in [2.24, 2.45) is 0 Å². The number of hydrogen-bond acceptors (Lipinski definition) is 8. The Morgan fingerprint density at radius 2 is 1.48 bits per heavy atom. The highest BCUT2D eigenvalue weighted by Gasteiger charge is 2.25. The lowest BCUT2D eigenvalue weighted by molar-refractivity contribution is 0.0698. The summed E-state index contributed by atoms with van der Waals surface area (Å²) in [5.41, 5.74) is -2.40. The van der Waals surface area contributed by atoms with E-state index in [2.05, 4.69) is 0 Å². The first-order valence-corrected chi connectivity index (χ1v) is 6.06. The van der Waals surface area contributed by atoms with Gasteiger partial charge in [0, 0.05) is 10.8 Å². The van der Waals surface area contributed by atoms with Crippen LogP contribution in [0.15, 0.2) is 21.3 Å². The summed E-state index contributed by atoms with van der Waals surface area (Å²) in [4.78, 5) is 23.3. The predicted octanol–water partition coefficient (Wildman–Crippen LogP) is 1.17. The monoisotopic (exact) mass is 320 g/mol. The quantitative estimate of drug-likeness (QED) is 0.219. The number of phenols is 5. The standard InChI is InChI=1S/C14H8O9/c15-5-2-4-7(11(19)9(5)17)8-3(13(20)21)1-6(16)10(18)12(8)23-14(4)22/h1-2,15-19H,(H,20,21). The fourth-order valence-corrected chi connectivity index (χ4v) is 2.36. The number of carbonyl (C=O) groups is 1. The van der Waals surface area contributed by atoms with E-state index in [0.29, 0.717) is 6.07 Å². The zero-order valence-electron chi connectivity index (χ0n) is 11.1. The van der Waals surface area contributed by atoms with E-state index in [-0.39, 0.29) is 0 Å². The van der Waals surface area contributed by atoms with Crippen LogP contribution in [-0.2, 0) is 0 Å². The van der Waals surface area contributed by atoms with Gasteiger partial charge in [0.2, 0.25) is 11.5 Å². The molecule has 9 heteroatoms. The summed E-state index contributed by atoms with van der Waals surface area (Å²) in [6.45, 7) is 0. The number of hydrogen-bond donors (Lipinski definition) is 6. The molecule has 0 amide bonds. The van der Waals surface area contributed by atoms with Gasteiger partial charge in [0.15, 0.2) is 22.8 Å². The molecule has 0 fully saturated rings. The lowest BCUT2D eigenvalue weighted by Gasteiger charge is -2.11. The van der Waals surface area contributed by atoms with Crippen molar-refractivity contribution in [1.82, 2.24) is 0 Å². The Bertz CT molecular complexity index is 1060. The van der Waals surface area contributed by atoms with Crippen LogP contribution in [0.1, 0.15) is 10.4 Å². The van der Waals surface area contributed by atoms with E-state index < -0.39 is 67.6 Å². The first-order chi connectivity index (χ1) is 10.7. The third kappa shape index (κ3) is 1.80. The molecule has 0 atom stereocenters. The molecule has 0 aliphatic carbocycles. The van der Waals surface area contributed by atoms with Crippen molar-refractivity contribution in [1.29, 1.82) is 0 Å². The van der Waals surface area contributed by atoms with Gasteiger partial charge < -0.3 is 35.1 Å². The van der Waals surface area contributed by atoms with Gasteiger partial charge in [-0.25, -0.2) is 9.59 Å². The topological polar surface area (TPSA) is 169 Å². The van der Waals surface area contributed by atoms with Gasteiger partial charge >= 0.3 is 11.6 Å². The molecule has 3 rings (SSSR count). The Morgan fingerprint density at radius 1 is 0.870 bits per heavy atom. The Hall–Kier alpha value is -3.62. The lowest BCUT2D eigenvalue weighted by Crippen LogP contribution is -2.04. The van der Waals surface area contributed by atoms with Crippen molar-refractivity contribution in [2.45, 2.75) is 0 Å². The summed E-state index contributed by atoms with van der Waals surface area (Å²) >= 11 is 0. The minimum absolute atomic E-state index is 0.419. The van der Waals surface area contributed by atoms with Crippen molar-refractivity contribution in [3.05, 3.63) is 28.1 Å². The molecule has 0 spiro atoms. The highest BCUT2D eigenvalue weighted by Crippen LogP contribution is 2.46. The second-order valence-corrected chi connectivity index (χ2v) is 4.71. The maximum absolute atomic E-state index is 11.9. The van der Waals surface area contributed by atoms with Crippen LogP contribution in [0.2, 0.25) is 0 Å². The maximum Gasteiger partial charge on any atom is 0.344 e. The second-order valence-electron chi connectivity index (χ2n) is 4.71. The highest BCUT2D eigenvalue weighted by atomic mass is 16.4. The van der Waals surface area contributed by atoms with E-state index in [9.17, 15) is 40.2 Å². The smallest absolute Gasteiger partial charge is 0.344 e. The van der Waals surface area contributed by atoms with E-state index in [4.69, 9.17) is 4.42 Å². The molecule has 0 unspecified atom stereocenters. The summed E-state index contributed by atoms with van der Waals surface area (Å²) in [6.07, 6.45) is 0. The first-order valence-electron chi connectivity index (χ1n) is 6.06. The van der Waals surface area contributed by atoms with Gasteiger partial charge in [0.1, 0.15) is 0 Å². The number of carboxylic acid groups (broad SMARTS) is 1. The Labute approximate surface area is 125 Å². The van der Waals surface area contributed by atoms with Crippen molar-refractivity contribution in [3.63, 3.8) is 0 Å². The normalized spacial score (nSPS) is 11.1. The zero-order chi connectivity index (χ0) is 17.0. The molecule has 0 bridgehead atoms. The van der Waals surface area contributed by atoms with Crippen LogP contribution in [0.4, 0.5) is 0 Å². The van der Waals surface area contributed by atoms with Crippen LogP contribution < -0.4 is 5.63 Å². The third-order valence-electron chi connectivity index (χ3n) is 3.38. The minimum atomic E-state index is -1.55. The van der Waals surface area contributed by atoms with E-state index in [1.165, 1.54) is 0 Å². The molecule has 0 aliphatic rings. The van der Waals surface area contributed by atoms with Gasteiger partial charge in [0.25, 0.3) is 0 Å². The molecule has 1 heterocycles. The molecule has 23 heavy (non-hydrogen) atoms. The number of carboxylic acids is 1. The van der Waals surface area contributed by atoms with Crippen LogP contribution >= 0.6 is 0 Å². The van der Waals surface area contributed by atoms with Crippen LogP contribution in [0.5, 0.6) is 28.7 Å². The Kier molecular flexibility index (Phi) is 2.76. The lowest BCUT2D eigenvalue weighted by atomic mass is 10.00. The largest absolute Gasteiger partial charge is 0.504 e. The van der Waals surface area contributed by atoms with Gasteiger partial charge in [-0.1, -0.05) is 0 Å². The van der Waals surface area contributed by atoms with Crippen LogP contribution in [0.25, 0.3) is 21.7 Å². The number of aromatic hydroxyl groups is 5. The van der Waals surface area contributed by atoms with Gasteiger partial charge in [-0.3, -0.25) is 0 Å². The van der Waals surface area contributed by atoms with Crippen LogP contribution in [0, 0.1) is 0 Å². The van der Waals surface area contributed by atoms with Crippen molar-refractivity contribution in [2.75, 3.05) is 0 Å². The number of aromatic carboxylic acids is 1. The van der Waals surface area contributed by atoms with Gasteiger partial charge in [-0.2, -0.15) is 0 Å². The fraction of sp³-hybridized carbons (Fsp3) is 0. The fourth-order valence-electron chi connectivity index (χ4n) is 2.36. The minimum Gasteiger partial charge on any atom is -0.504 e. The molecule has 2 aromatic carbocycles. The predicted molar refractivity (Wildman–Crippen MR) is 75.3 cm³/mol. The number of fused-ring (bicyclic) bond motifs is 3. The molecular formula is C14H8O9. The van der Waals surface area contributed by atoms with E-state index in [1.807, 2.05) is 0 Å². The first kappa shape index (κ1) is 14.3. The maximum atomic E-state index is 11.9. The molecule has 3 aromatic rings. The number of benzene rings is 2. The van der Waals surface area contributed by atoms with Crippen molar-refractivity contribution < 1.29 is 39.9 Å². The average molecular weight is 320 g/mol. The van der Waals surface area contributed by atoms with Gasteiger partial charge in [-0.15, -0.1) is 0 Å². The molecule has 0 radical (unpaired) electrons. The molecular weight excluding hydrogens is 312 g/mol. The highest BCUT2D eigenvalue weighted by molar-refractivity contribution is 6.18. The summed E-state index contributed by atoms with van der Waals surface area (Å²) in [6, 6.07) is 1.48. The average Bonchev–Trinajstić information content (AvgIpc) is 2.49. The van der Waals surface area contributed by atoms with E-state index >= 15 is 0 Å². The zero-order valence-corrected chi connectivity index (χ0v) is 11.1. The molecule has 0 saturated carbocycles. The summed E-state index contributed by atoms with van der Waals surface area (Å²) in [5, 5.41) is 56.4. The molecule has 9 nitrogen and oxygen atoms in total. The number of rotatable bonds is 1. The van der Waals surface area contributed by atoms with Gasteiger partial charge in [-0.05, 0) is 12.1 Å². The Morgan fingerprint density at radius 3 is 2.09 bits per heavy atom. The molecule has 118 valence electrons. The van der Waals surface area contributed by atoms with Crippen molar-refractivity contribution in [3.8, 4) is 28.7 Å². The Balaban J connectivity index is 2.78. The van der Waals surface area contributed by atoms with Gasteiger partial charge in [0.05, 0.1) is 10.9 Å². The molecule has 6 N–H and O–H groups in total. The third-order valence-corrected chi connectivity index (χ3v) is 3.38.